The molecular formula is C21H30N6O2S. The van der Waals surface area contributed by atoms with Gasteiger partial charge in [-0.3, -0.25) is 0 Å². The lowest BCUT2D eigenvalue weighted by Crippen LogP contribution is -2.49. The molecule has 0 radical (unpaired) electrons. The lowest BCUT2D eigenvalue weighted by molar-refractivity contribution is 0.312. The molecule has 4 rings (SSSR count). The van der Waals surface area contributed by atoms with E-state index in [2.05, 4.69) is 31.9 Å². The summed E-state index contributed by atoms with van der Waals surface area (Å²) in [6.07, 6.45) is 0. The van der Waals surface area contributed by atoms with Gasteiger partial charge in [0.25, 0.3) is 0 Å². The molecular weight excluding hydrogens is 400 g/mol. The Labute approximate surface area is 179 Å². The number of rotatable bonds is 4. The number of piperazine rings is 2. The molecule has 0 saturated carbocycles. The first-order valence-electron chi connectivity index (χ1n) is 10.4. The van der Waals surface area contributed by atoms with Crippen molar-refractivity contribution in [2.45, 2.75) is 18.7 Å². The summed E-state index contributed by atoms with van der Waals surface area (Å²) in [4.78, 5) is 7.07. The quantitative estimate of drug-likeness (QED) is 0.725. The number of aryl methyl sites for hydroxylation is 2. The van der Waals surface area contributed by atoms with Gasteiger partial charge >= 0.3 is 0 Å². The first-order chi connectivity index (χ1) is 14.3. The molecule has 30 heavy (non-hydrogen) atoms. The van der Waals surface area contributed by atoms with Gasteiger partial charge in [-0.05, 0) is 44.7 Å². The summed E-state index contributed by atoms with van der Waals surface area (Å²) in [5, 5.41) is 8.84. The Hall–Kier alpha value is -2.23. The van der Waals surface area contributed by atoms with Crippen molar-refractivity contribution in [1.82, 2.24) is 19.4 Å². The van der Waals surface area contributed by atoms with Crippen molar-refractivity contribution in [2.75, 3.05) is 69.2 Å². The maximum atomic E-state index is 13.1. The summed E-state index contributed by atoms with van der Waals surface area (Å²) in [5.74, 6) is 1.71. The van der Waals surface area contributed by atoms with Crippen LogP contribution in [0.15, 0.2) is 35.2 Å². The van der Waals surface area contributed by atoms with Crippen LogP contribution in [0.1, 0.15) is 11.1 Å². The van der Waals surface area contributed by atoms with E-state index in [0.717, 1.165) is 48.9 Å². The maximum Gasteiger partial charge on any atom is 0.243 e. The molecule has 2 aliphatic rings. The number of anilines is 2. The van der Waals surface area contributed by atoms with Gasteiger partial charge in [-0.1, -0.05) is 17.7 Å². The average molecular weight is 431 g/mol. The molecule has 0 bridgehead atoms. The fraction of sp³-hybridized carbons (Fsp3) is 0.524. The highest BCUT2D eigenvalue weighted by Gasteiger charge is 2.30. The second-order valence-electron chi connectivity index (χ2n) is 8.20. The Bertz CT molecular complexity index is 979. The molecule has 0 N–H and O–H groups in total. The lowest BCUT2D eigenvalue weighted by Gasteiger charge is -2.35. The normalized spacial score (nSPS) is 19.3. The van der Waals surface area contributed by atoms with Gasteiger partial charge < -0.3 is 14.7 Å². The van der Waals surface area contributed by atoms with Crippen LogP contribution in [-0.4, -0.2) is 87.2 Å². The average Bonchev–Trinajstić information content (AvgIpc) is 2.74. The van der Waals surface area contributed by atoms with Crippen molar-refractivity contribution in [3.05, 3.63) is 41.5 Å². The monoisotopic (exact) mass is 430 g/mol. The van der Waals surface area contributed by atoms with Crippen LogP contribution >= 0.6 is 0 Å². The van der Waals surface area contributed by atoms with Gasteiger partial charge in [0.1, 0.15) is 0 Å². The third-order valence-corrected chi connectivity index (χ3v) is 8.03. The Morgan fingerprint density at radius 3 is 1.80 bits per heavy atom. The maximum absolute atomic E-state index is 13.1. The highest BCUT2D eigenvalue weighted by atomic mass is 32.2. The van der Waals surface area contributed by atoms with Gasteiger partial charge in [-0.2, -0.15) is 4.31 Å². The standard InChI is InChI=1S/C21H30N6O2S/c1-17-4-5-19(18(2)16-17)30(28,29)27-14-12-26(13-15-27)21-7-6-20(22-23-21)25-10-8-24(3)9-11-25/h4-7,16H,8-15H2,1-3H3. The topological polar surface area (TPSA) is 72.9 Å². The molecule has 1 aromatic carbocycles. The number of nitrogens with zero attached hydrogens (tertiary/aromatic N) is 6. The van der Waals surface area contributed by atoms with E-state index < -0.39 is 10.0 Å². The van der Waals surface area contributed by atoms with E-state index >= 15 is 0 Å². The van der Waals surface area contributed by atoms with Crippen LogP contribution in [0, 0.1) is 13.8 Å². The molecule has 2 aromatic rings. The van der Waals surface area contributed by atoms with Crippen molar-refractivity contribution in [2.24, 2.45) is 0 Å². The third kappa shape index (κ3) is 4.28. The molecule has 0 unspecified atom stereocenters. The molecule has 2 fully saturated rings. The summed E-state index contributed by atoms with van der Waals surface area (Å²) in [5.41, 5.74) is 1.86. The second-order valence-corrected chi connectivity index (χ2v) is 10.1. The van der Waals surface area contributed by atoms with E-state index in [9.17, 15) is 8.42 Å². The highest BCUT2D eigenvalue weighted by molar-refractivity contribution is 7.89. The molecule has 0 atom stereocenters. The van der Waals surface area contributed by atoms with Crippen molar-refractivity contribution in [3.8, 4) is 0 Å². The number of likely N-dealkylation sites (N-methyl/N-ethyl adjacent to an activating group) is 1. The third-order valence-electron chi connectivity index (χ3n) is 5.97. The van der Waals surface area contributed by atoms with Gasteiger partial charge in [0.05, 0.1) is 4.90 Å². The van der Waals surface area contributed by atoms with Gasteiger partial charge in [0.2, 0.25) is 10.0 Å². The van der Waals surface area contributed by atoms with Crippen molar-refractivity contribution in [3.63, 3.8) is 0 Å². The number of sulfonamides is 1. The van der Waals surface area contributed by atoms with Crippen LogP contribution in [0.5, 0.6) is 0 Å². The molecule has 8 nitrogen and oxygen atoms in total. The first-order valence-corrected chi connectivity index (χ1v) is 11.9. The molecule has 1 aromatic heterocycles. The number of aromatic nitrogens is 2. The van der Waals surface area contributed by atoms with Crippen molar-refractivity contribution >= 4 is 21.7 Å². The minimum atomic E-state index is -3.48. The van der Waals surface area contributed by atoms with Gasteiger partial charge in [-0.15, -0.1) is 10.2 Å². The van der Waals surface area contributed by atoms with E-state index in [0.29, 0.717) is 31.1 Å². The fourth-order valence-corrected chi connectivity index (χ4v) is 5.70. The number of hydrogen-bond donors (Lipinski definition) is 0. The van der Waals surface area contributed by atoms with E-state index in [1.165, 1.54) is 0 Å². The Balaban J connectivity index is 1.39. The number of hydrogen-bond acceptors (Lipinski definition) is 7. The highest BCUT2D eigenvalue weighted by Crippen LogP contribution is 2.24. The predicted molar refractivity (Wildman–Crippen MR) is 119 cm³/mol. The zero-order chi connectivity index (χ0) is 21.3. The molecule has 0 aliphatic carbocycles. The van der Waals surface area contributed by atoms with E-state index in [4.69, 9.17) is 0 Å². The Morgan fingerprint density at radius 1 is 0.767 bits per heavy atom. The van der Waals surface area contributed by atoms with Crippen LogP contribution in [0.3, 0.4) is 0 Å². The number of benzene rings is 1. The Morgan fingerprint density at radius 2 is 1.30 bits per heavy atom. The molecule has 0 amide bonds. The summed E-state index contributed by atoms with van der Waals surface area (Å²) < 4.78 is 27.7. The second kappa shape index (κ2) is 8.49. The molecule has 2 aliphatic heterocycles. The molecule has 0 spiro atoms. The first kappa shape index (κ1) is 21.0. The zero-order valence-corrected chi connectivity index (χ0v) is 18.8. The van der Waals surface area contributed by atoms with Crippen molar-refractivity contribution in [1.29, 1.82) is 0 Å². The molecule has 2 saturated heterocycles. The van der Waals surface area contributed by atoms with E-state index in [-0.39, 0.29) is 0 Å². The van der Waals surface area contributed by atoms with Crippen LogP contribution in [0.2, 0.25) is 0 Å². The van der Waals surface area contributed by atoms with Gasteiger partial charge in [0.15, 0.2) is 11.6 Å². The van der Waals surface area contributed by atoms with E-state index in [1.54, 1.807) is 10.4 Å². The minimum absolute atomic E-state index is 0.401. The smallest absolute Gasteiger partial charge is 0.243 e. The molecule has 3 heterocycles. The lowest BCUT2D eigenvalue weighted by atomic mass is 10.2. The fourth-order valence-electron chi connectivity index (χ4n) is 4.08. The molecule has 162 valence electrons. The predicted octanol–water partition coefficient (Wildman–Crippen LogP) is 1.36. The summed E-state index contributed by atoms with van der Waals surface area (Å²) in [6.45, 7) is 9.89. The minimum Gasteiger partial charge on any atom is -0.353 e. The zero-order valence-electron chi connectivity index (χ0n) is 18.0. The van der Waals surface area contributed by atoms with Crippen LogP contribution in [0.25, 0.3) is 0 Å². The van der Waals surface area contributed by atoms with Crippen molar-refractivity contribution < 1.29 is 8.42 Å². The Kier molecular flexibility index (Phi) is 5.95. The van der Waals surface area contributed by atoms with Crippen LogP contribution < -0.4 is 9.80 Å². The summed E-state index contributed by atoms with van der Waals surface area (Å²) in [6, 6.07) is 9.50. The molecule has 9 heteroatoms. The largest absolute Gasteiger partial charge is 0.353 e. The summed E-state index contributed by atoms with van der Waals surface area (Å²) >= 11 is 0. The van der Waals surface area contributed by atoms with Gasteiger partial charge in [0, 0.05) is 52.4 Å². The van der Waals surface area contributed by atoms with Crippen LogP contribution in [0.4, 0.5) is 11.6 Å². The van der Waals surface area contributed by atoms with Gasteiger partial charge in [-0.25, -0.2) is 8.42 Å². The van der Waals surface area contributed by atoms with E-state index in [1.807, 2.05) is 38.1 Å². The SMILES string of the molecule is Cc1ccc(S(=O)(=O)N2CCN(c3ccc(N4CCN(C)CC4)nn3)CC2)c(C)c1. The van der Waals surface area contributed by atoms with Crippen LogP contribution in [-0.2, 0) is 10.0 Å². The summed E-state index contributed by atoms with van der Waals surface area (Å²) in [7, 11) is -1.35.